The van der Waals surface area contributed by atoms with Gasteiger partial charge < -0.3 is 39.6 Å². The van der Waals surface area contributed by atoms with E-state index in [1.807, 2.05) is 0 Å². The van der Waals surface area contributed by atoms with E-state index in [1.54, 1.807) is 0 Å². The number of carboxylic acid groups (broad SMARTS) is 4. The summed E-state index contributed by atoms with van der Waals surface area (Å²) in [7, 11) is 0. The Hall–Kier alpha value is -3.32. The van der Waals surface area contributed by atoms with Crippen molar-refractivity contribution in [2.24, 2.45) is 0 Å². The number of hydrogen-bond donors (Lipinski definition) is 0. The van der Waals surface area contributed by atoms with E-state index in [0.29, 0.717) is 0 Å². The molecule has 0 bridgehead atoms. The van der Waals surface area contributed by atoms with Crippen LogP contribution in [0.25, 0.3) is 0 Å². The Bertz CT molecular complexity index is 1300. The van der Waals surface area contributed by atoms with E-state index in [2.05, 4.69) is 125 Å². The molecule has 0 heterocycles. The normalized spacial score (nSPS) is 11.5. The zero-order chi connectivity index (χ0) is 59.6. The van der Waals surface area contributed by atoms with Gasteiger partial charge in [-0.1, -0.05) is 253 Å². The average molecular weight is 1330 g/mol. The summed E-state index contributed by atoms with van der Waals surface area (Å²) < 4.78 is 0. The maximum Gasteiger partial charge on any atom is 0.0414 e. The van der Waals surface area contributed by atoms with Crippen LogP contribution >= 0.6 is 0 Å². The second kappa shape index (κ2) is 83.1. The second-order valence-electron chi connectivity index (χ2n) is 21.4. The van der Waals surface area contributed by atoms with Crippen LogP contribution in [0.5, 0.6) is 0 Å². The summed E-state index contributed by atoms with van der Waals surface area (Å²) >= 11 is 0. The van der Waals surface area contributed by atoms with Crippen LogP contribution in [-0.2, 0) is 19.2 Å². The fourth-order valence-electron chi connectivity index (χ4n) is 8.32. The van der Waals surface area contributed by atoms with Gasteiger partial charge >= 0.3 is 0 Å². The minimum absolute atomic E-state index is 0. The van der Waals surface area contributed by atoms with Crippen LogP contribution in [0.3, 0.4) is 0 Å². The number of allylic oxidation sites excluding steroid dienone is 16. The van der Waals surface area contributed by atoms with Crippen LogP contribution in [0.15, 0.2) is 97.2 Å². The maximum atomic E-state index is 10.2. The topological polar surface area (TPSA) is 161 Å². The molecule has 0 aromatic carbocycles. The molecule has 81 heavy (non-hydrogen) atoms. The average Bonchev–Trinajstić information content (AvgIpc) is 3.43. The minimum atomic E-state index is -0.921. The third-order valence-corrected chi connectivity index (χ3v) is 13.3. The van der Waals surface area contributed by atoms with Crippen molar-refractivity contribution in [3.8, 4) is 0 Å². The van der Waals surface area contributed by atoms with E-state index < -0.39 is 23.9 Å². The summed E-state index contributed by atoms with van der Waals surface area (Å²) in [5, 5.41) is 40.8. The van der Waals surface area contributed by atoms with E-state index in [1.165, 1.54) is 154 Å². The summed E-state index contributed by atoms with van der Waals surface area (Å²) in [5.74, 6) is -3.68. The number of carbonyl (C=O) groups excluding carboxylic acids is 4. The molecule has 8 nitrogen and oxygen atoms in total. The smallest absolute Gasteiger partial charge is 0.0414 e. The van der Waals surface area contributed by atoms with Crippen molar-refractivity contribution < 1.29 is 39.6 Å². The van der Waals surface area contributed by atoms with Gasteiger partial charge in [-0.2, -0.15) is 0 Å². The molecule has 0 aliphatic heterocycles. The largest absolute Gasteiger partial charge is 0.550 e. The van der Waals surface area contributed by atoms with E-state index in [-0.39, 0.29) is 51.9 Å². The molecule has 0 aliphatic rings. The Morgan fingerprint density at radius 1 is 0.210 bits per heavy atom. The quantitative estimate of drug-likeness (QED) is 0.0330. The van der Waals surface area contributed by atoms with Gasteiger partial charge in [0.2, 0.25) is 0 Å². The standard InChI is InChI=1S/4C18H32O2.Bi/c4*1-2-3-4-5-6-7-8-9-10-11-12-13-14-15-16-17-18(19)20;/h4*6-7,9-10H,2-5,8,11-17H2,1H3,(H,19,20);/p-4/b4*7-6-,10-9-;. The van der Waals surface area contributed by atoms with Crippen molar-refractivity contribution in [2.45, 2.75) is 336 Å². The Morgan fingerprint density at radius 3 is 0.494 bits per heavy atom. The van der Waals surface area contributed by atoms with E-state index in [0.717, 1.165) is 128 Å². The second-order valence-corrected chi connectivity index (χ2v) is 21.4. The van der Waals surface area contributed by atoms with E-state index >= 15 is 0 Å². The fourth-order valence-corrected chi connectivity index (χ4v) is 8.32. The third-order valence-electron chi connectivity index (χ3n) is 13.3. The molecule has 0 rings (SSSR count). The molecule has 0 spiro atoms. The molecule has 0 N–H and O–H groups in total. The zero-order valence-corrected chi connectivity index (χ0v) is 56.4. The first-order valence-corrected chi connectivity index (χ1v) is 33.1. The van der Waals surface area contributed by atoms with Crippen molar-refractivity contribution in [2.75, 3.05) is 0 Å². The van der Waals surface area contributed by atoms with Gasteiger partial charge in [0.1, 0.15) is 0 Å². The summed E-state index contributed by atoms with van der Waals surface area (Å²) in [4.78, 5) is 40.8. The summed E-state index contributed by atoms with van der Waals surface area (Å²) in [6.07, 6.45) is 87.8. The Morgan fingerprint density at radius 2 is 0.346 bits per heavy atom. The van der Waals surface area contributed by atoms with Crippen LogP contribution in [0.4, 0.5) is 0 Å². The van der Waals surface area contributed by atoms with Crippen molar-refractivity contribution in [3.63, 3.8) is 0 Å². The summed E-state index contributed by atoms with van der Waals surface area (Å²) in [5.41, 5.74) is 0. The van der Waals surface area contributed by atoms with Crippen molar-refractivity contribution >= 4 is 50.1 Å². The molecule has 0 fully saturated rings. The molecule has 0 aliphatic carbocycles. The number of aliphatic carboxylic acids is 4. The van der Waals surface area contributed by atoms with Gasteiger partial charge in [0.25, 0.3) is 0 Å². The molecule has 9 heteroatoms. The van der Waals surface area contributed by atoms with Gasteiger partial charge in [0, 0.05) is 50.1 Å². The fraction of sp³-hybridized carbons (Fsp3) is 0.722. The minimum Gasteiger partial charge on any atom is -0.550 e. The van der Waals surface area contributed by atoms with Crippen LogP contribution < -0.4 is 20.4 Å². The van der Waals surface area contributed by atoms with Gasteiger partial charge in [-0.05, 0) is 180 Å². The molecular formula is C72H124BiO8-4. The number of carboxylic acids is 4. The van der Waals surface area contributed by atoms with E-state index in [9.17, 15) is 39.6 Å². The van der Waals surface area contributed by atoms with Crippen LogP contribution in [0.2, 0.25) is 0 Å². The SMILES string of the molecule is CCCCC/C=C\C/C=C\CCCCCCCC(=O)[O-].CCCCC/C=C\C/C=C\CCCCCCCC(=O)[O-].CCCCC/C=C\C/C=C\CCCCCCCC(=O)[O-].CCCCC/C=C\C/C=C\CCCCCCCC(=O)[O-].[Bi]. The van der Waals surface area contributed by atoms with Crippen LogP contribution in [0, 0.1) is 0 Å². The molecule has 0 saturated heterocycles. The van der Waals surface area contributed by atoms with Gasteiger partial charge in [-0.3, -0.25) is 0 Å². The summed E-state index contributed by atoms with van der Waals surface area (Å²) in [6.45, 7) is 8.93. The predicted octanol–water partition coefficient (Wildman–Crippen LogP) is 17.8. The molecule has 0 aromatic heterocycles. The van der Waals surface area contributed by atoms with Gasteiger partial charge in [-0.25, -0.2) is 0 Å². The molecule has 0 unspecified atom stereocenters. The number of hydrogen-bond acceptors (Lipinski definition) is 8. The van der Waals surface area contributed by atoms with Gasteiger partial charge in [0.05, 0.1) is 0 Å². The van der Waals surface area contributed by atoms with Crippen molar-refractivity contribution in [1.82, 2.24) is 0 Å². The van der Waals surface area contributed by atoms with E-state index in [4.69, 9.17) is 0 Å². The first-order chi connectivity index (χ1) is 39.1. The third kappa shape index (κ3) is 102. The molecule has 0 saturated carbocycles. The number of unbranched alkanes of at least 4 members (excludes halogenated alkanes) is 32. The number of rotatable bonds is 56. The molecule has 0 amide bonds. The van der Waals surface area contributed by atoms with Crippen molar-refractivity contribution in [1.29, 1.82) is 0 Å². The van der Waals surface area contributed by atoms with Crippen molar-refractivity contribution in [3.05, 3.63) is 97.2 Å². The van der Waals surface area contributed by atoms with Gasteiger partial charge in [0.15, 0.2) is 0 Å². The Kier molecular flexibility index (Phi) is 88.8. The Balaban J connectivity index is -0.000000316. The Labute approximate surface area is 519 Å². The van der Waals surface area contributed by atoms with Gasteiger partial charge in [-0.15, -0.1) is 0 Å². The molecular weight excluding hydrogens is 1200 g/mol. The zero-order valence-electron chi connectivity index (χ0n) is 52.9. The first kappa shape index (κ1) is 86.5. The first-order valence-electron chi connectivity index (χ1n) is 33.1. The summed E-state index contributed by atoms with van der Waals surface area (Å²) in [6, 6.07) is 0. The monoisotopic (exact) mass is 1330 g/mol. The number of carbonyl (C=O) groups is 4. The molecule has 0 atom stereocenters. The molecule has 0 aromatic rings. The molecule has 469 valence electrons. The maximum absolute atomic E-state index is 10.2. The predicted molar refractivity (Wildman–Crippen MR) is 343 cm³/mol. The van der Waals surface area contributed by atoms with Crippen LogP contribution in [0.1, 0.15) is 336 Å². The molecule has 3 radical (unpaired) electrons. The van der Waals surface area contributed by atoms with Crippen LogP contribution in [-0.4, -0.2) is 50.1 Å².